The highest BCUT2D eigenvalue weighted by Gasteiger charge is 2.30. The van der Waals surface area contributed by atoms with E-state index in [2.05, 4.69) is 65.6 Å². The van der Waals surface area contributed by atoms with Crippen molar-refractivity contribution in [1.82, 2.24) is 9.80 Å². The third kappa shape index (κ3) is 5.57. The molecule has 6 heteroatoms. The van der Waals surface area contributed by atoms with Gasteiger partial charge < -0.3 is 14.4 Å². The highest BCUT2D eigenvalue weighted by Crippen LogP contribution is 2.34. The number of nitrogens with zero attached hydrogens (tertiary/aromatic N) is 2. The van der Waals surface area contributed by atoms with Gasteiger partial charge in [-0.1, -0.05) is 60.7 Å². The van der Waals surface area contributed by atoms with E-state index >= 15 is 0 Å². The largest absolute Gasteiger partial charge is 0.493 e. The molecule has 0 bridgehead atoms. The van der Waals surface area contributed by atoms with Crippen LogP contribution < -0.4 is 9.47 Å². The third-order valence-electron chi connectivity index (χ3n) is 6.24. The van der Waals surface area contributed by atoms with E-state index in [4.69, 9.17) is 9.47 Å². The molecule has 0 radical (unpaired) electrons. The molecular weight excluding hydrogens is 444 g/mol. The normalized spacial score (nSPS) is 15.2. The number of carbonyl (C=O) groups is 1. The molecular formula is C28H32N2O3S. The van der Waals surface area contributed by atoms with Crippen LogP contribution in [0.5, 0.6) is 11.5 Å². The first-order valence-corrected chi connectivity index (χ1v) is 12.5. The number of carbonyl (C=O) groups excluding carboxylic acids is 1. The lowest BCUT2D eigenvalue weighted by molar-refractivity contribution is -0.132. The van der Waals surface area contributed by atoms with Gasteiger partial charge in [-0.25, -0.2) is 0 Å². The van der Waals surface area contributed by atoms with Gasteiger partial charge in [0.25, 0.3) is 0 Å². The van der Waals surface area contributed by atoms with Crippen molar-refractivity contribution in [3.63, 3.8) is 0 Å². The van der Waals surface area contributed by atoms with Crippen molar-refractivity contribution in [3.05, 3.63) is 90.0 Å². The van der Waals surface area contributed by atoms with Gasteiger partial charge in [-0.15, -0.1) is 11.8 Å². The van der Waals surface area contributed by atoms with Crippen molar-refractivity contribution in [3.8, 4) is 11.5 Å². The van der Waals surface area contributed by atoms with Crippen molar-refractivity contribution >= 4 is 17.7 Å². The fourth-order valence-electron chi connectivity index (χ4n) is 4.49. The van der Waals surface area contributed by atoms with Gasteiger partial charge in [-0.3, -0.25) is 9.69 Å². The van der Waals surface area contributed by atoms with Crippen LogP contribution >= 0.6 is 11.8 Å². The first-order valence-electron chi connectivity index (χ1n) is 11.6. The monoisotopic (exact) mass is 476 g/mol. The van der Waals surface area contributed by atoms with E-state index in [1.165, 1.54) is 11.1 Å². The van der Waals surface area contributed by atoms with Crippen molar-refractivity contribution in [1.29, 1.82) is 0 Å². The molecule has 1 fully saturated rings. The van der Waals surface area contributed by atoms with Crippen LogP contribution in [0.1, 0.15) is 24.1 Å². The lowest BCUT2D eigenvalue weighted by Crippen LogP contribution is -2.51. The molecule has 3 aromatic carbocycles. The van der Waals surface area contributed by atoms with E-state index in [-0.39, 0.29) is 17.2 Å². The number of rotatable bonds is 8. The van der Waals surface area contributed by atoms with Gasteiger partial charge in [0.15, 0.2) is 11.5 Å². The number of piperazine rings is 1. The molecule has 1 heterocycles. The summed E-state index contributed by atoms with van der Waals surface area (Å²) in [5.41, 5.74) is 2.57. The number of thioether (sulfide) groups is 1. The van der Waals surface area contributed by atoms with Crippen LogP contribution in [0.4, 0.5) is 0 Å². The summed E-state index contributed by atoms with van der Waals surface area (Å²) in [6, 6.07) is 27.2. The molecule has 1 saturated heterocycles. The molecule has 0 unspecified atom stereocenters. The average molecular weight is 477 g/mol. The molecule has 1 amide bonds. The number of benzene rings is 3. The highest BCUT2D eigenvalue weighted by atomic mass is 32.2. The van der Waals surface area contributed by atoms with Gasteiger partial charge in [0.1, 0.15) is 0 Å². The summed E-state index contributed by atoms with van der Waals surface area (Å²) in [7, 11) is 3.25. The molecule has 1 aliphatic rings. The second-order valence-corrected chi connectivity index (χ2v) is 9.78. The highest BCUT2D eigenvalue weighted by molar-refractivity contribution is 8.00. The Hall–Kier alpha value is -2.96. The summed E-state index contributed by atoms with van der Waals surface area (Å²) in [5.74, 6) is 1.54. The van der Waals surface area contributed by atoms with Crippen LogP contribution in [0.3, 0.4) is 0 Å². The van der Waals surface area contributed by atoms with Crippen molar-refractivity contribution in [2.45, 2.75) is 23.1 Å². The van der Waals surface area contributed by atoms with E-state index in [0.29, 0.717) is 11.5 Å². The molecule has 0 aliphatic carbocycles. The summed E-state index contributed by atoms with van der Waals surface area (Å²) in [6.07, 6.45) is 0. The Kier molecular flexibility index (Phi) is 8.14. The maximum Gasteiger partial charge on any atom is 0.235 e. The van der Waals surface area contributed by atoms with Crippen LogP contribution in [0.25, 0.3) is 0 Å². The second-order valence-electron chi connectivity index (χ2n) is 8.36. The molecule has 178 valence electrons. The predicted molar refractivity (Wildman–Crippen MR) is 138 cm³/mol. The number of methoxy groups -OCH3 is 2. The van der Waals surface area contributed by atoms with Gasteiger partial charge >= 0.3 is 0 Å². The summed E-state index contributed by atoms with van der Waals surface area (Å²) in [5, 5.41) is -0.177. The van der Waals surface area contributed by atoms with Crippen molar-refractivity contribution < 1.29 is 14.3 Å². The van der Waals surface area contributed by atoms with Crippen molar-refractivity contribution in [2.75, 3.05) is 40.4 Å². The summed E-state index contributed by atoms with van der Waals surface area (Å²) in [4.78, 5) is 18.7. The smallest absolute Gasteiger partial charge is 0.235 e. The zero-order valence-electron chi connectivity index (χ0n) is 20.0. The summed E-state index contributed by atoms with van der Waals surface area (Å²) < 4.78 is 10.7. The van der Waals surface area contributed by atoms with Gasteiger partial charge in [0.05, 0.1) is 25.5 Å². The van der Waals surface area contributed by atoms with E-state index in [9.17, 15) is 4.79 Å². The van der Waals surface area contributed by atoms with E-state index in [0.717, 1.165) is 31.1 Å². The summed E-state index contributed by atoms with van der Waals surface area (Å²) >= 11 is 1.55. The first kappa shape index (κ1) is 24.2. The molecule has 5 nitrogen and oxygen atoms in total. The molecule has 3 aromatic rings. The van der Waals surface area contributed by atoms with Crippen LogP contribution in [-0.2, 0) is 4.79 Å². The Morgan fingerprint density at radius 2 is 1.35 bits per heavy atom. The zero-order valence-corrected chi connectivity index (χ0v) is 20.8. The fraction of sp³-hybridized carbons (Fsp3) is 0.321. The van der Waals surface area contributed by atoms with Crippen LogP contribution in [0.15, 0.2) is 83.8 Å². The first-order chi connectivity index (χ1) is 16.6. The van der Waals surface area contributed by atoms with Gasteiger partial charge in [-0.2, -0.15) is 0 Å². The lowest BCUT2D eigenvalue weighted by Gasteiger charge is -2.40. The third-order valence-corrected chi connectivity index (χ3v) is 7.32. The van der Waals surface area contributed by atoms with Crippen LogP contribution in [0.2, 0.25) is 0 Å². The Labute approximate surface area is 206 Å². The molecule has 0 N–H and O–H groups in total. The van der Waals surface area contributed by atoms with Gasteiger partial charge in [0, 0.05) is 31.1 Å². The number of ether oxygens (including phenoxy) is 2. The van der Waals surface area contributed by atoms with Gasteiger partial charge in [-0.05, 0) is 36.2 Å². The van der Waals surface area contributed by atoms with Crippen LogP contribution in [0, 0.1) is 0 Å². The average Bonchev–Trinajstić information content (AvgIpc) is 2.90. The van der Waals surface area contributed by atoms with Crippen LogP contribution in [-0.4, -0.2) is 61.4 Å². The van der Waals surface area contributed by atoms with E-state index < -0.39 is 0 Å². The fourth-order valence-corrected chi connectivity index (χ4v) is 5.47. The number of amides is 1. The lowest BCUT2D eigenvalue weighted by atomic mass is 9.96. The van der Waals surface area contributed by atoms with Crippen molar-refractivity contribution in [2.24, 2.45) is 0 Å². The summed E-state index contributed by atoms with van der Waals surface area (Å²) in [6.45, 7) is 5.12. The standard InChI is InChI=1S/C28H32N2O3S/c1-21(34-24-14-15-25(32-2)26(20-24)33-3)28(31)30-18-16-29(17-19-30)27(22-10-6-4-7-11-22)23-12-8-5-9-13-23/h4-15,20-21,27H,16-19H2,1-3H3/t21-/m1/s1. The molecule has 1 atom stereocenters. The predicted octanol–water partition coefficient (Wildman–Crippen LogP) is 5.12. The maximum absolute atomic E-state index is 13.2. The molecule has 4 rings (SSSR count). The molecule has 0 spiro atoms. The van der Waals surface area contributed by atoms with E-state index in [1.54, 1.807) is 26.0 Å². The van der Waals surface area contributed by atoms with E-state index in [1.807, 2.05) is 30.0 Å². The molecule has 1 aliphatic heterocycles. The minimum Gasteiger partial charge on any atom is -0.493 e. The maximum atomic E-state index is 13.2. The SMILES string of the molecule is COc1ccc(S[C@H](C)C(=O)N2CCN(C(c3ccccc3)c3ccccc3)CC2)cc1OC. The Morgan fingerprint density at radius 3 is 1.88 bits per heavy atom. The minimum atomic E-state index is -0.177. The Bertz CT molecular complexity index is 1030. The minimum absolute atomic E-state index is 0.176. The molecule has 34 heavy (non-hydrogen) atoms. The number of hydrogen-bond acceptors (Lipinski definition) is 5. The molecule has 0 aromatic heterocycles. The molecule has 0 saturated carbocycles. The zero-order chi connectivity index (χ0) is 23.9. The number of hydrogen-bond donors (Lipinski definition) is 0. The van der Waals surface area contributed by atoms with Gasteiger partial charge in [0.2, 0.25) is 5.91 Å². The quantitative estimate of drug-likeness (QED) is 0.422. The Balaban J connectivity index is 1.41. The second kappa shape index (κ2) is 11.4. The Morgan fingerprint density at radius 1 is 0.794 bits per heavy atom. The topological polar surface area (TPSA) is 42.0 Å².